The van der Waals surface area contributed by atoms with Crippen LogP contribution in [0, 0.1) is 6.92 Å². The number of rotatable bonds is 6. The van der Waals surface area contributed by atoms with E-state index in [-0.39, 0.29) is 12.5 Å². The normalized spacial score (nSPS) is 14.3. The Hall–Kier alpha value is -1.55. The highest BCUT2D eigenvalue weighted by atomic mass is 16.5. The molecular formula is C15H22N2O2. The SMILES string of the molecule is CCN(C(=O)COc1ccc(C)cc1CN)C1CC1. The summed E-state index contributed by atoms with van der Waals surface area (Å²) < 4.78 is 5.63. The predicted molar refractivity (Wildman–Crippen MR) is 75.0 cm³/mol. The summed E-state index contributed by atoms with van der Waals surface area (Å²) in [6.45, 7) is 5.30. The number of carbonyl (C=O) groups excluding carboxylic acids is 1. The van der Waals surface area contributed by atoms with Gasteiger partial charge in [-0.05, 0) is 32.8 Å². The van der Waals surface area contributed by atoms with Gasteiger partial charge in [-0.3, -0.25) is 4.79 Å². The van der Waals surface area contributed by atoms with E-state index in [0.29, 0.717) is 18.3 Å². The third kappa shape index (κ3) is 3.47. The van der Waals surface area contributed by atoms with Crippen LogP contribution in [0.4, 0.5) is 0 Å². The number of hydrogen-bond acceptors (Lipinski definition) is 3. The Morgan fingerprint density at radius 3 is 2.79 bits per heavy atom. The Kier molecular flexibility index (Phi) is 4.43. The van der Waals surface area contributed by atoms with Crippen LogP contribution in [0.2, 0.25) is 0 Å². The summed E-state index contributed by atoms with van der Waals surface area (Å²) in [7, 11) is 0. The fourth-order valence-electron chi connectivity index (χ4n) is 2.26. The molecule has 0 atom stereocenters. The zero-order valence-corrected chi connectivity index (χ0v) is 11.7. The van der Waals surface area contributed by atoms with Gasteiger partial charge in [-0.2, -0.15) is 0 Å². The maximum Gasteiger partial charge on any atom is 0.260 e. The maximum atomic E-state index is 12.1. The largest absolute Gasteiger partial charge is 0.483 e. The Bertz CT molecular complexity index is 455. The van der Waals surface area contributed by atoms with E-state index in [4.69, 9.17) is 10.5 Å². The molecule has 0 radical (unpaired) electrons. The first-order valence-corrected chi connectivity index (χ1v) is 6.87. The summed E-state index contributed by atoms with van der Waals surface area (Å²) in [4.78, 5) is 14.0. The number of nitrogens with two attached hydrogens (primary N) is 1. The van der Waals surface area contributed by atoms with Crippen molar-refractivity contribution in [3.05, 3.63) is 29.3 Å². The molecule has 4 nitrogen and oxygen atoms in total. The lowest BCUT2D eigenvalue weighted by Gasteiger charge is -2.21. The first-order valence-electron chi connectivity index (χ1n) is 6.87. The average molecular weight is 262 g/mol. The summed E-state index contributed by atoms with van der Waals surface area (Å²) in [5.41, 5.74) is 7.79. The van der Waals surface area contributed by atoms with Crippen LogP contribution in [0.5, 0.6) is 5.75 Å². The van der Waals surface area contributed by atoms with E-state index < -0.39 is 0 Å². The van der Waals surface area contributed by atoms with Crippen LogP contribution in [-0.4, -0.2) is 30.0 Å². The van der Waals surface area contributed by atoms with Crippen molar-refractivity contribution in [1.82, 2.24) is 4.90 Å². The number of hydrogen-bond donors (Lipinski definition) is 1. The fraction of sp³-hybridized carbons (Fsp3) is 0.533. The second-order valence-corrected chi connectivity index (χ2v) is 5.01. The second-order valence-electron chi connectivity index (χ2n) is 5.01. The van der Waals surface area contributed by atoms with E-state index in [9.17, 15) is 4.79 Å². The van der Waals surface area contributed by atoms with E-state index in [2.05, 4.69) is 0 Å². The van der Waals surface area contributed by atoms with Gasteiger partial charge in [-0.15, -0.1) is 0 Å². The summed E-state index contributed by atoms with van der Waals surface area (Å²) in [6.07, 6.45) is 2.25. The minimum absolute atomic E-state index is 0.0635. The van der Waals surface area contributed by atoms with Gasteiger partial charge in [0.25, 0.3) is 5.91 Å². The van der Waals surface area contributed by atoms with Crippen LogP contribution in [0.25, 0.3) is 0 Å². The van der Waals surface area contributed by atoms with Crippen molar-refractivity contribution in [2.45, 2.75) is 39.3 Å². The molecule has 0 aliphatic heterocycles. The molecule has 0 bridgehead atoms. The van der Waals surface area contributed by atoms with Gasteiger partial charge in [0.1, 0.15) is 5.75 Å². The number of carbonyl (C=O) groups is 1. The van der Waals surface area contributed by atoms with Crippen molar-refractivity contribution in [1.29, 1.82) is 0 Å². The van der Waals surface area contributed by atoms with Crippen LogP contribution in [0.1, 0.15) is 30.9 Å². The van der Waals surface area contributed by atoms with Crippen molar-refractivity contribution in [3.8, 4) is 5.75 Å². The van der Waals surface area contributed by atoms with Crippen molar-refractivity contribution < 1.29 is 9.53 Å². The van der Waals surface area contributed by atoms with Gasteiger partial charge in [0.15, 0.2) is 6.61 Å². The van der Waals surface area contributed by atoms with E-state index >= 15 is 0 Å². The number of nitrogens with zero attached hydrogens (tertiary/aromatic N) is 1. The fourth-order valence-corrected chi connectivity index (χ4v) is 2.26. The van der Waals surface area contributed by atoms with Gasteiger partial charge in [0.2, 0.25) is 0 Å². The number of likely N-dealkylation sites (N-methyl/N-ethyl adjacent to an activating group) is 1. The number of aryl methyl sites for hydroxylation is 1. The lowest BCUT2D eigenvalue weighted by Crippen LogP contribution is -2.36. The summed E-state index contributed by atoms with van der Waals surface area (Å²) in [6, 6.07) is 6.29. The van der Waals surface area contributed by atoms with Crippen LogP contribution in [0.15, 0.2) is 18.2 Å². The molecular weight excluding hydrogens is 240 g/mol. The van der Waals surface area contributed by atoms with Crippen LogP contribution < -0.4 is 10.5 Å². The summed E-state index contributed by atoms with van der Waals surface area (Å²) >= 11 is 0. The van der Waals surface area contributed by atoms with Gasteiger partial charge in [0.05, 0.1) is 0 Å². The van der Waals surface area contributed by atoms with E-state index in [1.807, 2.05) is 36.9 Å². The highest BCUT2D eigenvalue weighted by molar-refractivity contribution is 5.78. The molecule has 1 fully saturated rings. The molecule has 1 aliphatic rings. The Labute approximate surface area is 114 Å². The van der Waals surface area contributed by atoms with Gasteiger partial charge in [-0.25, -0.2) is 0 Å². The standard InChI is InChI=1S/C15H22N2O2/c1-3-17(13-5-6-13)15(18)10-19-14-7-4-11(2)8-12(14)9-16/h4,7-8,13H,3,5-6,9-10,16H2,1-2H3. The highest BCUT2D eigenvalue weighted by Gasteiger charge is 2.31. The quantitative estimate of drug-likeness (QED) is 0.851. The molecule has 4 heteroatoms. The molecule has 104 valence electrons. The molecule has 1 amide bonds. The third-order valence-electron chi connectivity index (χ3n) is 3.44. The van der Waals surface area contributed by atoms with Gasteiger partial charge in [0, 0.05) is 24.7 Å². The smallest absolute Gasteiger partial charge is 0.260 e. The van der Waals surface area contributed by atoms with Crippen molar-refractivity contribution >= 4 is 5.91 Å². The Morgan fingerprint density at radius 1 is 1.47 bits per heavy atom. The molecule has 1 aliphatic carbocycles. The van der Waals surface area contributed by atoms with Crippen LogP contribution >= 0.6 is 0 Å². The number of benzene rings is 1. The molecule has 0 aromatic heterocycles. The average Bonchev–Trinajstić information content (AvgIpc) is 3.22. The molecule has 0 unspecified atom stereocenters. The number of amides is 1. The van der Waals surface area contributed by atoms with Gasteiger partial charge >= 0.3 is 0 Å². The monoisotopic (exact) mass is 262 g/mol. The Balaban J connectivity index is 1.96. The minimum Gasteiger partial charge on any atom is -0.483 e. The zero-order chi connectivity index (χ0) is 13.8. The van der Waals surface area contributed by atoms with E-state index in [0.717, 1.165) is 30.5 Å². The van der Waals surface area contributed by atoms with Gasteiger partial charge in [-0.1, -0.05) is 17.7 Å². The topological polar surface area (TPSA) is 55.6 Å². The first-order chi connectivity index (χ1) is 9.15. The highest BCUT2D eigenvalue weighted by Crippen LogP contribution is 2.27. The molecule has 1 aromatic carbocycles. The second kappa shape index (κ2) is 6.06. The molecule has 0 spiro atoms. The Morgan fingerprint density at radius 2 is 2.21 bits per heavy atom. The van der Waals surface area contributed by atoms with Crippen LogP contribution in [-0.2, 0) is 11.3 Å². The zero-order valence-electron chi connectivity index (χ0n) is 11.7. The molecule has 1 saturated carbocycles. The minimum atomic E-state index is 0.0635. The predicted octanol–water partition coefficient (Wildman–Crippen LogP) is 1.84. The molecule has 19 heavy (non-hydrogen) atoms. The van der Waals surface area contributed by atoms with Crippen molar-refractivity contribution in [2.24, 2.45) is 5.73 Å². The molecule has 2 rings (SSSR count). The summed E-state index contributed by atoms with van der Waals surface area (Å²) in [5.74, 6) is 0.779. The molecule has 0 saturated heterocycles. The number of ether oxygens (including phenoxy) is 1. The first kappa shape index (κ1) is 13.9. The third-order valence-corrected chi connectivity index (χ3v) is 3.44. The van der Waals surface area contributed by atoms with Gasteiger partial charge < -0.3 is 15.4 Å². The van der Waals surface area contributed by atoms with Crippen molar-refractivity contribution in [3.63, 3.8) is 0 Å². The lowest BCUT2D eigenvalue weighted by molar-refractivity contribution is -0.133. The molecule has 1 aromatic rings. The summed E-state index contributed by atoms with van der Waals surface area (Å²) in [5, 5.41) is 0. The van der Waals surface area contributed by atoms with Crippen LogP contribution in [0.3, 0.4) is 0 Å². The lowest BCUT2D eigenvalue weighted by atomic mass is 10.1. The molecule has 0 heterocycles. The molecule has 2 N–H and O–H groups in total. The van der Waals surface area contributed by atoms with E-state index in [1.54, 1.807) is 0 Å². The maximum absolute atomic E-state index is 12.1. The van der Waals surface area contributed by atoms with E-state index in [1.165, 1.54) is 0 Å². The van der Waals surface area contributed by atoms with Crippen molar-refractivity contribution in [2.75, 3.05) is 13.2 Å².